The summed E-state index contributed by atoms with van der Waals surface area (Å²) in [6, 6.07) is 35.5. The lowest BCUT2D eigenvalue weighted by Gasteiger charge is -2.38. The molecular weight excluding hydrogens is 454 g/mol. The maximum atomic E-state index is 6.42. The van der Waals surface area contributed by atoms with Crippen LogP contribution in [0.3, 0.4) is 0 Å². The van der Waals surface area contributed by atoms with Crippen LogP contribution in [0.5, 0.6) is 23.0 Å². The summed E-state index contributed by atoms with van der Waals surface area (Å²) in [6.45, 7) is 7.70. The van der Waals surface area contributed by atoms with Crippen LogP contribution >= 0.6 is 0 Å². The van der Waals surface area contributed by atoms with Crippen LogP contribution in [0.4, 0.5) is 17.1 Å². The fraction of sp³-hybridized carbons (Fsp3) is 0. The Hall–Kier alpha value is -5.02. The van der Waals surface area contributed by atoms with Gasteiger partial charge in [-0.3, -0.25) is 4.90 Å². The van der Waals surface area contributed by atoms with Gasteiger partial charge in [-0.2, -0.15) is 0 Å². The van der Waals surface area contributed by atoms with E-state index < -0.39 is 0 Å². The lowest BCUT2D eigenvalue weighted by atomic mass is 9.99. The molecule has 2 aliphatic heterocycles. The third-order valence-electron chi connectivity index (χ3n) is 6.99. The van der Waals surface area contributed by atoms with Gasteiger partial charge in [0.25, 0.3) is 0 Å². The van der Waals surface area contributed by atoms with E-state index in [0.717, 1.165) is 73.4 Å². The van der Waals surface area contributed by atoms with Gasteiger partial charge in [-0.05, 0) is 69.8 Å². The second-order valence-electron chi connectivity index (χ2n) is 9.16. The number of nitrogens with zero attached hydrogens (tertiary/aromatic N) is 1. The monoisotopic (exact) mass is 477 g/mol. The number of hydrogen-bond acceptors (Lipinski definition) is 3. The van der Waals surface area contributed by atoms with E-state index in [0.29, 0.717) is 0 Å². The molecule has 0 fully saturated rings. The van der Waals surface area contributed by atoms with E-state index in [1.807, 2.05) is 30.4 Å². The first kappa shape index (κ1) is 21.3. The van der Waals surface area contributed by atoms with E-state index in [9.17, 15) is 0 Å². The van der Waals surface area contributed by atoms with E-state index in [1.54, 1.807) is 0 Å². The number of anilines is 3. The van der Waals surface area contributed by atoms with Gasteiger partial charge in [-0.25, -0.2) is 0 Å². The molecule has 3 nitrogen and oxygen atoms in total. The third kappa shape index (κ3) is 3.44. The average Bonchev–Trinajstić information content (AvgIpc) is 2.96. The van der Waals surface area contributed by atoms with Gasteiger partial charge in [-0.15, -0.1) is 0 Å². The fourth-order valence-corrected chi connectivity index (χ4v) is 5.04. The quantitative estimate of drug-likeness (QED) is 0.252. The first-order chi connectivity index (χ1) is 18.2. The maximum Gasteiger partial charge on any atom is 0.155 e. The summed E-state index contributed by atoms with van der Waals surface area (Å²) in [4.78, 5) is 2.25. The van der Waals surface area contributed by atoms with E-state index in [4.69, 9.17) is 9.47 Å². The van der Waals surface area contributed by atoms with Crippen molar-refractivity contribution < 1.29 is 9.47 Å². The molecule has 3 heteroatoms. The molecular formula is C34H23NO2. The van der Waals surface area contributed by atoms with Crippen molar-refractivity contribution in [2.24, 2.45) is 0 Å². The van der Waals surface area contributed by atoms with Crippen LogP contribution in [0, 0.1) is 0 Å². The van der Waals surface area contributed by atoms with E-state index >= 15 is 0 Å². The Bertz CT molecular complexity index is 1570. The van der Waals surface area contributed by atoms with Crippen molar-refractivity contribution in [3.8, 4) is 45.3 Å². The molecule has 0 N–H and O–H groups in total. The molecule has 0 amide bonds. The molecule has 2 heterocycles. The highest BCUT2D eigenvalue weighted by Gasteiger charge is 2.34. The predicted molar refractivity (Wildman–Crippen MR) is 152 cm³/mol. The number of benzene rings is 5. The molecule has 5 aromatic carbocycles. The van der Waals surface area contributed by atoms with Gasteiger partial charge in [-0.1, -0.05) is 92.0 Å². The van der Waals surface area contributed by atoms with Crippen molar-refractivity contribution in [3.05, 3.63) is 127 Å². The van der Waals surface area contributed by atoms with Gasteiger partial charge in [0.05, 0.1) is 11.4 Å². The van der Waals surface area contributed by atoms with Crippen LogP contribution in [-0.4, -0.2) is 0 Å². The molecule has 7 rings (SSSR count). The van der Waals surface area contributed by atoms with Crippen molar-refractivity contribution >= 4 is 29.2 Å². The van der Waals surface area contributed by atoms with Gasteiger partial charge in [0.2, 0.25) is 0 Å². The minimum absolute atomic E-state index is 0.777. The predicted octanol–water partition coefficient (Wildman–Crippen LogP) is 9.99. The van der Waals surface area contributed by atoms with Crippen molar-refractivity contribution in [3.63, 3.8) is 0 Å². The van der Waals surface area contributed by atoms with Crippen LogP contribution in [0.15, 0.2) is 116 Å². The van der Waals surface area contributed by atoms with E-state index in [1.165, 1.54) is 0 Å². The zero-order chi connectivity index (χ0) is 24.9. The van der Waals surface area contributed by atoms with E-state index in [2.05, 4.69) is 103 Å². The first-order valence-electron chi connectivity index (χ1n) is 12.2. The number of fused-ring (bicyclic) bond motifs is 4. The molecule has 0 aromatic heterocycles. The standard InChI is InChI=1S/C34H23NO2/c1-3-22-8-12-24(13-9-22)26-16-18-28-32(20-26)36-30-6-5-7-31-34(30)35(28)29-19-17-27(21-33(29)37-31)25-14-10-23(4-2)11-15-25/h3-21H,1-2H2. The van der Waals surface area contributed by atoms with Crippen LogP contribution in [0.2, 0.25) is 0 Å². The van der Waals surface area contributed by atoms with Crippen molar-refractivity contribution in [2.75, 3.05) is 4.90 Å². The maximum absolute atomic E-state index is 6.42. The number of ether oxygens (including phenoxy) is 2. The summed E-state index contributed by atoms with van der Waals surface area (Å²) in [5.74, 6) is 3.18. The van der Waals surface area contributed by atoms with Crippen molar-refractivity contribution in [1.29, 1.82) is 0 Å². The summed E-state index contributed by atoms with van der Waals surface area (Å²) in [5, 5.41) is 0. The Kier molecular flexibility index (Phi) is 4.76. The SMILES string of the molecule is C=Cc1ccc(-c2ccc3c(c2)Oc2cccc4c2N3c2ccc(-c3ccc(C=C)cc3)cc2O4)cc1. The highest BCUT2D eigenvalue weighted by molar-refractivity contribution is 5.95. The summed E-state index contributed by atoms with van der Waals surface area (Å²) >= 11 is 0. The average molecular weight is 478 g/mol. The summed E-state index contributed by atoms with van der Waals surface area (Å²) in [6.07, 6.45) is 3.71. The normalized spacial score (nSPS) is 12.4. The molecule has 37 heavy (non-hydrogen) atoms. The van der Waals surface area contributed by atoms with Crippen LogP contribution in [0.1, 0.15) is 11.1 Å². The van der Waals surface area contributed by atoms with Crippen molar-refractivity contribution in [1.82, 2.24) is 0 Å². The van der Waals surface area contributed by atoms with Crippen molar-refractivity contribution in [2.45, 2.75) is 0 Å². The summed E-state index contributed by atoms with van der Waals surface area (Å²) in [5.41, 5.74) is 9.55. The zero-order valence-electron chi connectivity index (χ0n) is 20.1. The minimum atomic E-state index is 0.777. The molecule has 5 aromatic rings. The smallest absolute Gasteiger partial charge is 0.155 e. The highest BCUT2D eigenvalue weighted by Crippen LogP contribution is 2.60. The molecule has 176 valence electrons. The Morgan fingerprint density at radius 2 is 0.919 bits per heavy atom. The van der Waals surface area contributed by atoms with Gasteiger partial charge < -0.3 is 9.47 Å². The zero-order valence-corrected chi connectivity index (χ0v) is 20.1. The van der Waals surface area contributed by atoms with Gasteiger partial charge in [0, 0.05) is 0 Å². The lowest BCUT2D eigenvalue weighted by molar-refractivity contribution is 0.446. The second kappa shape index (κ2) is 8.28. The Morgan fingerprint density at radius 1 is 0.486 bits per heavy atom. The largest absolute Gasteiger partial charge is 0.453 e. The Balaban J connectivity index is 1.34. The molecule has 2 aliphatic rings. The molecule has 0 saturated heterocycles. The van der Waals surface area contributed by atoms with Crippen LogP contribution < -0.4 is 14.4 Å². The molecule has 0 unspecified atom stereocenters. The number of rotatable bonds is 4. The summed E-state index contributed by atoms with van der Waals surface area (Å²) < 4.78 is 12.8. The van der Waals surface area contributed by atoms with E-state index in [-0.39, 0.29) is 0 Å². The van der Waals surface area contributed by atoms with Gasteiger partial charge >= 0.3 is 0 Å². The molecule has 0 radical (unpaired) electrons. The molecule has 0 bridgehead atoms. The second-order valence-corrected chi connectivity index (χ2v) is 9.16. The molecule has 0 aliphatic carbocycles. The lowest BCUT2D eigenvalue weighted by Crippen LogP contribution is -2.20. The molecule has 0 saturated carbocycles. The third-order valence-corrected chi connectivity index (χ3v) is 6.99. The first-order valence-corrected chi connectivity index (χ1v) is 12.2. The van der Waals surface area contributed by atoms with Crippen LogP contribution in [-0.2, 0) is 0 Å². The Labute approximate surface area is 216 Å². The van der Waals surface area contributed by atoms with Gasteiger partial charge in [0.1, 0.15) is 5.69 Å². The van der Waals surface area contributed by atoms with Crippen LogP contribution in [0.25, 0.3) is 34.4 Å². The Morgan fingerprint density at radius 3 is 1.35 bits per heavy atom. The topological polar surface area (TPSA) is 21.7 Å². The number of para-hydroxylation sites is 1. The summed E-state index contributed by atoms with van der Waals surface area (Å²) in [7, 11) is 0. The highest BCUT2D eigenvalue weighted by atomic mass is 16.5. The van der Waals surface area contributed by atoms with Gasteiger partial charge in [0.15, 0.2) is 23.0 Å². The minimum Gasteiger partial charge on any atom is -0.453 e. The molecule has 0 spiro atoms. The molecule has 0 atom stereocenters. The fourth-order valence-electron chi connectivity index (χ4n) is 5.04. The number of hydrogen-bond donors (Lipinski definition) is 0.